The molecular formula is C12H18S. The predicted molar refractivity (Wildman–Crippen MR) is 67.4 cm³/mol. The van der Waals surface area contributed by atoms with Gasteiger partial charge in [0, 0.05) is 0 Å². The van der Waals surface area contributed by atoms with Gasteiger partial charge in [-0.2, -0.15) is 13.5 Å². The van der Waals surface area contributed by atoms with Gasteiger partial charge in [-0.05, 0) is 13.8 Å². The Morgan fingerprint density at radius 2 is 1.00 bits per heavy atom. The topological polar surface area (TPSA) is 0 Å². The lowest BCUT2D eigenvalue weighted by Gasteiger charge is -1.90. The molecule has 1 aromatic rings. The second-order valence-electron chi connectivity index (χ2n) is 2.15. The van der Waals surface area contributed by atoms with Gasteiger partial charge < -0.3 is 0 Å². The zero-order valence-electron chi connectivity index (χ0n) is 8.38. The minimum Gasteiger partial charge on any atom is -0.197 e. The van der Waals surface area contributed by atoms with Gasteiger partial charge >= 0.3 is 0 Å². The summed E-state index contributed by atoms with van der Waals surface area (Å²) in [6, 6.07) is 8.48. The van der Waals surface area contributed by atoms with Crippen LogP contribution in [-0.2, 0) is 0 Å². The van der Waals surface area contributed by atoms with Gasteiger partial charge in [0.15, 0.2) is 0 Å². The molecule has 0 amide bonds. The third-order valence-corrected chi connectivity index (χ3v) is 1.22. The van der Waals surface area contributed by atoms with Crippen molar-refractivity contribution in [3.05, 3.63) is 48.6 Å². The largest absolute Gasteiger partial charge is 0.197 e. The number of benzene rings is 1. The molecule has 0 radical (unpaired) electrons. The van der Waals surface area contributed by atoms with Gasteiger partial charge in [0.25, 0.3) is 0 Å². The van der Waals surface area contributed by atoms with Gasteiger partial charge in [0.05, 0.1) is 0 Å². The molecule has 0 aliphatic rings. The Balaban J connectivity index is -0.000000178. The summed E-state index contributed by atoms with van der Waals surface area (Å²) < 4.78 is 0. The van der Waals surface area contributed by atoms with E-state index in [0.717, 1.165) is 0 Å². The Morgan fingerprint density at radius 1 is 0.846 bits per heavy atom. The SMILES string of the molecule is C#C.C=C.Cc1ccc(C)cc1.S. The summed E-state index contributed by atoms with van der Waals surface area (Å²) in [5.41, 5.74) is 2.66. The van der Waals surface area contributed by atoms with Gasteiger partial charge in [-0.1, -0.05) is 35.4 Å². The minimum atomic E-state index is 0. The summed E-state index contributed by atoms with van der Waals surface area (Å²) in [5.74, 6) is 0. The molecule has 0 bridgehead atoms. The first-order valence-electron chi connectivity index (χ1n) is 3.65. The summed E-state index contributed by atoms with van der Waals surface area (Å²) in [7, 11) is 0. The number of rotatable bonds is 0. The van der Waals surface area contributed by atoms with Crippen molar-refractivity contribution in [2.24, 2.45) is 0 Å². The molecule has 0 aliphatic carbocycles. The molecule has 0 saturated heterocycles. The number of hydrogen-bond acceptors (Lipinski definition) is 0. The van der Waals surface area contributed by atoms with E-state index in [0.29, 0.717) is 0 Å². The average Bonchev–Trinajstić information content (AvgIpc) is 2.17. The van der Waals surface area contributed by atoms with E-state index in [1.54, 1.807) is 0 Å². The number of aryl methyl sites for hydroxylation is 2. The summed E-state index contributed by atoms with van der Waals surface area (Å²) >= 11 is 0. The number of hydrogen-bond donors (Lipinski definition) is 0. The molecule has 1 heteroatoms. The van der Waals surface area contributed by atoms with E-state index in [2.05, 4.69) is 64.1 Å². The zero-order valence-corrected chi connectivity index (χ0v) is 9.38. The first kappa shape index (κ1) is 17.8. The lowest BCUT2D eigenvalue weighted by Crippen LogP contribution is -1.70. The van der Waals surface area contributed by atoms with E-state index in [1.165, 1.54) is 11.1 Å². The van der Waals surface area contributed by atoms with Crippen LogP contribution < -0.4 is 0 Å². The normalized spacial score (nSPS) is 6.15. The highest BCUT2D eigenvalue weighted by atomic mass is 32.1. The smallest absolute Gasteiger partial charge is 0.0398 e. The summed E-state index contributed by atoms with van der Waals surface area (Å²) in [4.78, 5) is 0. The van der Waals surface area contributed by atoms with Crippen molar-refractivity contribution in [1.29, 1.82) is 0 Å². The fraction of sp³-hybridized carbons (Fsp3) is 0.167. The van der Waals surface area contributed by atoms with Crippen molar-refractivity contribution in [2.75, 3.05) is 0 Å². The van der Waals surface area contributed by atoms with Crippen LogP contribution >= 0.6 is 13.5 Å². The van der Waals surface area contributed by atoms with Crippen LogP contribution in [-0.4, -0.2) is 0 Å². The Kier molecular flexibility index (Phi) is 18.5. The van der Waals surface area contributed by atoms with Crippen LogP contribution in [0.25, 0.3) is 0 Å². The van der Waals surface area contributed by atoms with Crippen LogP contribution in [0.1, 0.15) is 11.1 Å². The summed E-state index contributed by atoms with van der Waals surface area (Å²) in [6.07, 6.45) is 8.00. The molecular weight excluding hydrogens is 176 g/mol. The molecule has 0 heterocycles. The second-order valence-corrected chi connectivity index (χ2v) is 2.15. The predicted octanol–water partition coefficient (Wildman–Crippen LogP) is 3.47. The molecule has 0 saturated carbocycles. The molecule has 1 aromatic carbocycles. The average molecular weight is 194 g/mol. The molecule has 13 heavy (non-hydrogen) atoms. The van der Waals surface area contributed by atoms with E-state index < -0.39 is 0 Å². The maximum absolute atomic E-state index is 4.00. The third kappa shape index (κ3) is 10.9. The summed E-state index contributed by atoms with van der Waals surface area (Å²) in [5, 5.41) is 0. The zero-order chi connectivity index (χ0) is 9.98. The lowest BCUT2D eigenvalue weighted by molar-refractivity contribution is 1.40. The van der Waals surface area contributed by atoms with Crippen molar-refractivity contribution in [1.82, 2.24) is 0 Å². The van der Waals surface area contributed by atoms with Crippen LogP contribution in [0.5, 0.6) is 0 Å². The fourth-order valence-corrected chi connectivity index (χ4v) is 0.637. The lowest BCUT2D eigenvalue weighted by atomic mass is 10.2. The van der Waals surface area contributed by atoms with Crippen LogP contribution in [0.2, 0.25) is 0 Å². The molecule has 0 atom stereocenters. The highest BCUT2D eigenvalue weighted by molar-refractivity contribution is 7.59. The quantitative estimate of drug-likeness (QED) is 0.438. The highest BCUT2D eigenvalue weighted by Crippen LogP contribution is 1.99. The van der Waals surface area contributed by atoms with Crippen LogP contribution in [0.4, 0.5) is 0 Å². The van der Waals surface area contributed by atoms with Crippen molar-refractivity contribution < 1.29 is 0 Å². The van der Waals surface area contributed by atoms with Crippen molar-refractivity contribution in [2.45, 2.75) is 13.8 Å². The van der Waals surface area contributed by atoms with E-state index >= 15 is 0 Å². The molecule has 0 unspecified atom stereocenters. The van der Waals surface area contributed by atoms with E-state index in [4.69, 9.17) is 0 Å². The Hall–Kier alpha value is -1.13. The monoisotopic (exact) mass is 194 g/mol. The molecule has 0 nitrogen and oxygen atoms in total. The molecule has 0 N–H and O–H groups in total. The first-order valence-corrected chi connectivity index (χ1v) is 3.65. The van der Waals surface area contributed by atoms with E-state index in [-0.39, 0.29) is 13.5 Å². The van der Waals surface area contributed by atoms with Gasteiger partial charge in [0.1, 0.15) is 0 Å². The van der Waals surface area contributed by atoms with Gasteiger partial charge in [0.2, 0.25) is 0 Å². The molecule has 0 spiro atoms. The van der Waals surface area contributed by atoms with Gasteiger partial charge in [-0.15, -0.1) is 26.0 Å². The van der Waals surface area contributed by atoms with Crippen LogP contribution in [0, 0.1) is 26.7 Å². The maximum Gasteiger partial charge on any atom is -0.0398 e. The van der Waals surface area contributed by atoms with Crippen molar-refractivity contribution >= 4 is 13.5 Å². The Morgan fingerprint density at radius 3 is 1.15 bits per heavy atom. The molecule has 0 fully saturated rings. The molecule has 72 valence electrons. The fourth-order valence-electron chi connectivity index (χ4n) is 0.637. The van der Waals surface area contributed by atoms with Crippen molar-refractivity contribution in [3.8, 4) is 12.8 Å². The summed E-state index contributed by atoms with van der Waals surface area (Å²) in [6.45, 7) is 10.2. The number of terminal acetylenes is 1. The van der Waals surface area contributed by atoms with E-state index in [9.17, 15) is 0 Å². The van der Waals surface area contributed by atoms with Crippen LogP contribution in [0.3, 0.4) is 0 Å². The third-order valence-electron chi connectivity index (χ3n) is 1.22. The van der Waals surface area contributed by atoms with E-state index in [1.807, 2.05) is 0 Å². The Bertz CT molecular complexity index is 187. The molecule has 0 aromatic heterocycles. The first-order chi connectivity index (χ1) is 5.79. The second kappa shape index (κ2) is 13.5. The van der Waals surface area contributed by atoms with Gasteiger partial charge in [-0.3, -0.25) is 0 Å². The van der Waals surface area contributed by atoms with Gasteiger partial charge in [-0.25, -0.2) is 0 Å². The van der Waals surface area contributed by atoms with Crippen molar-refractivity contribution in [3.63, 3.8) is 0 Å². The molecule has 0 aliphatic heterocycles. The molecule has 1 rings (SSSR count). The Labute approximate surface area is 89.1 Å². The van der Waals surface area contributed by atoms with Crippen LogP contribution in [0.15, 0.2) is 37.4 Å². The standard InChI is InChI=1S/C8H10.C2H4.C2H2.H2S/c1-7-3-5-8(2)6-4-7;2*1-2;/h3-6H,1-2H3;1-2H2;1-2H;1H2. The maximum atomic E-state index is 4.00. The highest BCUT2D eigenvalue weighted by Gasteiger charge is 1.79. The minimum absolute atomic E-state index is 0.